The zero-order chi connectivity index (χ0) is 20.7. The SMILES string of the molecule is CCNC(=NCc1ccc(S(=O)(=O)NC)cc1)NC1CCN(c2cccs2)CC1. The lowest BCUT2D eigenvalue weighted by atomic mass is 10.1. The van der Waals surface area contributed by atoms with Crippen LogP contribution < -0.4 is 20.3 Å². The molecule has 1 aliphatic rings. The smallest absolute Gasteiger partial charge is 0.240 e. The van der Waals surface area contributed by atoms with Crippen molar-refractivity contribution in [2.24, 2.45) is 4.99 Å². The van der Waals surface area contributed by atoms with E-state index in [1.807, 2.05) is 6.92 Å². The van der Waals surface area contributed by atoms with Gasteiger partial charge in [-0.15, -0.1) is 11.3 Å². The molecule has 9 heteroatoms. The van der Waals surface area contributed by atoms with Crippen LogP contribution in [0.2, 0.25) is 0 Å². The number of aliphatic imine (C=N–C) groups is 1. The standard InChI is InChI=1S/C20H29N5O2S2/c1-3-22-20(23-15-16-6-8-18(9-7-16)29(26,27)21-2)24-17-10-12-25(13-11-17)19-5-4-14-28-19/h4-9,14,17,21H,3,10-13,15H2,1-2H3,(H2,22,23,24). The minimum atomic E-state index is -3.41. The van der Waals surface area contributed by atoms with Crippen LogP contribution in [0.4, 0.5) is 5.00 Å². The first kappa shape index (κ1) is 21.6. The molecule has 1 fully saturated rings. The molecule has 3 N–H and O–H groups in total. The molecule has 1 saturated heterocycles. The van der Waals surface area contributed by atoms with Crippen LogP contribution in [-0.4, -0.2) is 47.1 Å². The number of benzene rings is 1. The van der Waals surface area contributed by atoms with Gasteiger partial charge in [0.25, 0.3) is 0 Å². The van der Waals surface area contributed by atoms with E-state index in [1.165, 1.54) is 12.0 Å². The van der Waals surface area contributed by atoms with E-state index in [9.17, 15) is 8.42 Å². The Morgan fingerprint density at radius 3 is 2.52 bits per heavy atom. The van der Waals surface area contributed by atoms with Gasteiger partial charge in [-0.25, -0.2) is 18.1 Å². The number of hydrogen-bond donors (Lipinski definition) is 3. The van der Waals surface area contributed by atoms with Crippen molar-refractivity contribution in [3.63, 3.8) is 0 Å². The number of thiophene rings is 1. The van der Waals surface area contributed by atoms with Crippen LogP contribution >= 0.6 is 11.3 Å². The highest BCUT2D eigenvalue weighted by Gasteiger charge is 2.20. The number of nitrogens with zero attached hydrogens (tertiary/aromatic N) is 2. The van der Waals surface area contributed by atoms with Crippen LogP contribution in [0, 0.1) is 0 Å². The van der Waals surface area contributed by atoms with E-state index < -0.39 is 10.0 Å². The Labute approximate surface area is 177 Å². The number of hydrogen-bond acceptors (Lipinski definition) is 5. The molecule has 0 bridgehead atoms. The van der Waals surface area contributed by atoms with Crippen molar-refractivity contribution >= 4 is 32.3 Å². The number of nitrogens with one attached hydrogen (secondary N) is 3. The van der Waals surface area contributed by atoms with Gasteiger partial charge in [-0.1, -0.05) is 12.1 Å². The lowest BCUT2D eigenvalue weighted by Gasteiger charge is -2.33. The van der Waals surface area contributed by atoms with Crippen molar-refractivity contribution in [1.82, 2.24) is 15.4 Å². The second kappa shape index (κ2) is 10.1. The third-order valence-corrected chi connectivity index (χ3v) is 7.28. The zero-order valence-corrected chi connectivity index (χ0v) is 18.5. The van der Waals surface area contributed by atoms with Crippen molar-refractivity contribution in [1.29, 1.82) is 0 Å². The normalized spacial score (nSPS) is 16.1. The van der Waals surface area contributed by atoms with E-state index in [0.29, 0.717) is 12.6 Å². The highest BCUT2D eigenvalue weighted by Crippen LogP contribution is 2.24. The van der Waals surface area contributed by atoms with Gasteiger partial charge in [0.1, 0.15) is 0 Å². The number of piperidine rings is 1. The predicted molar refractivity (Wildman–Crippen MR) is 120 cm³/mol. The minimum absolute atomic E-state index is 0.260. The van der Waals surface area contributed by atoms with E-state index in [-0.39, 0.29) is 4.90 Å². The molecule has 0 spiro atoms. The summed E-state index contributed by atoms with van der Waals surface area (Å²) in [5.41, 5.74) is 0.963. The fourth-order valence-electron chi connectivity index (χ4n) is 3.27. The van der Waals surface area contributed by atoms with Gasteiger partial charge >= 0.3 is 0 Å². The van der Waals surface area contributed by atoms with Gasteiger partial charge in [-0.05, 0) is 62.0 Å². The second-order valence-electron chi connectivity index (χ2n) is 6.90. The maximum absolute atomic E-state index is 11.8. The average molecular weight is 436 g/mol. The average Bonchev–Trinajstić information content (AvgIpc) is 3.28. The molecule has 29 heavy (non-hydrogen) atoms. The monoisotopic (exact) mass is 435 g/mol. The van der Waals surface area contributed by atoms with Crippen LogP contribution in [0.3, 0.4) is 0 Å². The molecule has 0 saturated carbocycles. The number of guanidine groups is 1. The van der Waals surface area contributed by atoms with Gasteiger partial charge in [0, 0.05) is 25.7 Å². The van der Waals surface area contributed by atoms with Crippen LogP contribution in [0.15, 0.2) is 51.7 Å². The maximum atomic E-state index is 11.8. The summed E-state index contributed by atoms with van der Waals surface area (Å²) in [7, 11) is -2.00. The molecule has 3 rings (SSSR count). The summed E-state index contributed by atoms with van der Waals surface area (Å²) in [6.45, 7) is 5.41. The Morgan fingerprint density at radius 2 is 1.93 bits per heavy atom. The zero-order valence-electron chi connectivity index (χ0n) is 16.9. The van der Waals surface area contributed by atoms with E-state index >= 15 is 0 Å². The van der Waals surface area contributed by atoms with Gasteiger partial charge in [-0.3, -0.25) is 0 Å². The summed E-state index contributed by atoms with van der Waals surface area (Å²) in [6.07, 6.45) is 2.14. The topological polar surface area (TPSA) is 85.8 Å². The molecule has 0 unspecified atom stereocenters. The summed E-state index contributed by atoms with van der Waals surface area (Å²) in [5, 5.41) is 10.3. The molecule has 158 valence electrons. The highest BCUT2D eigenvalue weighted by molar-refractivity contribution is 7.89. The molecule has 2 heterocycles. The molecule has 2 aromatic rings. The minimum Gasteiger partial charge on any atom is -0.363 e. The van der Waals surface area contributed by atoms with Crippen molar-refractivity contribution in [3.05, 3.63) is 47.3 Å². The Kier molecular flexibility index (Phi) is 7.51. The quantitative estimate of drug-likeness (QED) is 0.459. The molecule has 0 aliphatic carbocycles. The molecule has 1 aromatic carbocycles. The first-order valence-electron chi connectivity index (χ1n) is 9.87. The van der Waals surface area contributed by atoms with Crippen molar-refractivity contribution in [3.8, 4) is 0 Å². The van der Waals surface area contributed by atoms with Gasteiger partial charge in [0.2, 0.25) is 10.0 Å². The Bertz CT molecular complexity index is 887. The van der Waals surface area contributed by atoms with Crippen LogP contribution in [0.5, 0.6) is 0 Å². The van der Waals surface area contributed by atoms with E-state index in [2.05, 4.69) is 42.8 Å². The Hall–Kier alpha value is -2.10. The van der Waals surface area contributed by atoms with Crippen molar-refractivity contribution < 1.29 is 8.42 Å². The fraction of sp³-hybridized carbons (Fsp3) is 0.450. The van der Waals surface area contributed by atoms with Gasteiger partial charge in [0.05, 0.1) is 16.4 Å². The van der Waals surface area contributed by atoms with Gasteiger partial charge in [0.15, 0.2) is 5.96 Å². The molecular formula is C20H29N5O2S2. The van der Waals surface area contributed by atoms with Crippen LogP contribution in [-0.2, 0) is 16.6 Å². The van der Waals surface area contributed by atoms with E-state index in [4.69, 9.17) is 0 Å². The molecule has 0 radical (unpaired) electrons. The summed E-state index contributed by atoms with van der Waals surface area (Å²) in [4.78, 5) is 7.37. The molecule has 0 atom stereocenters. The summed E-state index contributed by atoms with van der Waals surface area (Å²) < 4.78 is 26.0. The number of anilines is 1. The lowest BCUT2D eigenvalue weighted by Crippen LogP contribution is -2.48. The van der Waals surface area contributed by atoms with E-state index in [0.717, 1.165) is 44.0 Å². The third kappa shape index (κ3) is 5.94. The predicted octanol–water partition coefficient (Wildman–Crippen LogP) is 2.38. The first-order chi connectivity index (χ1) is 14.0. The lowest BCUT2D eigenvalue weighted by molar-refractivity contribution is 0.463. The first-order valence-corrected chi connectivity index (χ1v) is 12.2. The highest BCUT2D eigenvalue weighted by atomic mass is 32.2. The Morgan fingerprint density at radius 1 is 1.21 bits per heavy atom. The third-order valence-electron chi connectivity index (χ3n) is 4.92. The summed E-state index contributed by atoms with van der Waals surface area (Å²) in [5.74, 6) is 0.800. The summed E-state index contributed by atoms with van der Waals surface area (Å²) in [6, 6.07) is 11.5. The second-order valence-corrected chi connectivity index (χ2v) is 9.72. The largest absolute Gasteiger partial charge is 0.363 e. The van der Waals surface area contributed by atoms with E-state index in [1.54, 1.807) is 35.6 Å². The van der Waals surface area contributed by atoms with Crippen molar-refractivity contribution in [2.45, 2.75) is 37.2 Å². The van der Waals surface area contributed by atoms with Gasteiger partial charge in [-0.2, -0.15) is 0 Å². The molecule has 1 aliphatic heterocycles. The fourth-order valence-corrected chi connectivity index (χ4v) is 4.79. The maximum Gasteiger partial charge on any atom is 0.240 e. The molecular weight excluding hydrogens is 406 g/mol. The molecule has 7 nitrogen and oxygen atoms in total. The number of rotatable bonds is 7. The molecule has 0 amide bonds. The van der Waals surface area contributed by atoms with Gasteiger partial charge < -0.3 is 15.5 Å². The van der Waals surface area contributed by atoms with Crippen LogP contribution in [0.1, 0.15) is 25.3 Å². The summed E-state index contributed by atoms with van der Waals surface area (Å²) >= 11 is 1.79. The number of sulfonamides is 1. The molecule has 1 aromatic heterocycles. The Balaban J connectivity index is 1.56. The van der Waals surface area contributed by atoms with Crippen molar-refractivity contribution in [2.75, 3.05) is 31.6 Å². The van der Waals surface area contributed by atoms with Crippen LogP contribution in [0.25, 0.3) is 0 Å².